The van der Waals surface area contributed by atoms with E-state index in [0.717, 1.165) is 30.6 Å². The van der Waals surface area contributed by atoms with Crippen LogP contribution < -0.4 is 14.8 Å². The third-order valence-corrected chi connectivity index (χ3v) is 5.44. The van der Waals surface area contributed by atoms with Crippen molar-refractivity contribution in [3.8, 4) is 22.8 Å². The highest BCUT2D eigenvalue weighted by molar-refractivity contribution is 5.93. The van der Waals surface area contributed by atoms with Crippen molar-refractivity contribution < 1.29 is 14.3 Å². The Kier molecular flexibility index (Phi) is 5.85. The molecule has 30 heavy (non-hydrogen) atoms. The van der Waals surface area contributed by atoms with Crippen LogP contribution in [0.2, 0.25) is 0 Å². The van der Waals surface area contributed by atoms with Crippen LogP contribution in [0.4, 0.5) is 0 Å². The van der Waals surface area contributed by atoms with Crippen molar-refractivity contribution in [1.29, 1.82) is 0 Å². The van der Waals surface area contributed by atoms with E-state index in [-0.39, 0.29) is 5.91 Å². The lowest BCUT2D eigenvalue weighted by Gasteiger charge is -2.33. The van der Waals surface area contributed by atoms with Gasteiger partial charge in [-0.3, -0.25) is 4.79 Å². The van der Waals surface area contributed by atoms with Crippen LogP contribution in [0.25, 0.3) is 16.9 Å². The van der Waals surface area contributed by atoms with Gasteiger partial charge in [-0.25, -0.2) is 9.50 Å². The summed E-state index contributed by atoms with van der Waals surface area (Å²) in [5.74, 6) is 1.23. The Morgan fingerprint density at radius 2 is 2.03 bits per heavy atom. The van der Waals surface area contributed by atoms with E-state index in [1.54, 1.807) is 31.0 Å². The first-order valence-electron chi connectivity index (χ1n) is 10.2. The average Bonchev–Trinajstić information content (AvgIpc) is 3.23. The molecule has 2 aromatic heterocycles. The molecule has 1 aromatic carbocycles. The lowest BCUT2D eigenvalue weighted by Crippen LogP contribution is -2.52. The molecule has 1 N–H and O–H groups in total. The minimum atomic E-state index is -0.0543. The molecule has 0 saturated carbocycles. The molecule has 0 aliphatic carbocycles. The summed E-state index contributed by atoms with van der Waals surface area (Å²) in [5.41, 5.74) is 2.76. The molecule has 1 saturated heterocycles. The minimum absolute atomic E-state index is 0.0543. The summed E-state index contributed by atoms with van der Waals surface area (Å²) in [6, 6.07) is 9.64. The lowest BCUT2D eigenvalue weighted by atomic mass is 10.1. The molecule has 1 aliphatic rings. The van der Waals surface area contributed by atoms with E-state index in [1.165, 1.54) is 0 Å². The number of hydrogen-bond acceptors (Lipinski definition) is 6. The maximum Gasteiger partial charge on any atom is 0.274 e. The van der Waals surface area contributed by atoms with Crippen molar-refractivity contribution in [3.63, 3.8) is 0 Å². The van der Waals surface area contributed by atoms with Gasteiger partial charge in [0.05, 0.1) is 19.9 Å². The smallest absolute Gasteiger partial charge is 0.274 e. The molecule has 0 spiro atoms. The first kappa shape index (κ1) is 20.2. The zero-order valence-electron chi connectivity index (χ0n) is 17.6. The number of amides is 1. The number of hydrogen-bond donors (Lipinski definition) is 1. The highest BCUT2D eigenvalue weighted by Crippen LogP contribution is 2.32. The van der Waals surface area contributed by atoms with Gasteiger partial charge in [-0.2, -0.15) is 5.10 Å². The van der Waals surface area contributed by atoms with E-state index < -0.39 is 0 Å². The van der Waals surface area contributed by atoms with Crippen molar-refractivity contribution in [3.05, 3.63) is 42.2 Å². The van der Waals surface area contributed by atoms with Crippen LogP contribution in [0.1, 0.15) is 30.3 Å². The van der Waals surface area contributed by atoms with Crippen LogP contribution in [0.5, 0.6) is 11.5 Å². The molecule has 1 aliphatic heterocycles. The molecule has 8 heteroatoms. The van der Waals surface area contributed by atoms with E-state index in [1.807, 2.05) is 29.2 Å². The second-order valence-corrected chi connectivity index (χ2v) is 7.39. The zero-order valence-corrected chi connectivity index (χ0v) is 17.6. The van der Waals surface area contributed by atoms with E-state index >= 15 is 0 Å². The van der Waals surface area contributed by atoms with E-state index in [4.69, 9.17) is 9.47 Å². The van der Waals surface area contributed by atoms with Gasteiger partial charge in [-0.05, 0) is 30.7 Å². The monoisotopic (exact) mass is 409 g/mol. The van der Waals surface area contributed by atoms with Gasteiger partial charge >= 0.3 is 0 Å². The number of carbonyl (C=O) groups is 1. The number of rotatable bonds is 6. The fourth-order valence-corrected chi connectivity index (χ4v) is 3.93. The van der Waals surface area contributed by atoms with Crippen molar-refractivity contribution in [2.45, 2.75) is 25.8 Å². The lowest BCUT2D eigenvalue weighted by molar-refractivity contribution is 0.0693. The number of carbonyl (C=O) groups excluding carboxylic acids is 1. The number of nitrogens with zero attached hydrogens (tertiary/aromatic N) is 4. The maximum absolute atomic E-state index is 13.1. The summed E-state index contributed by atoms with van der Waals surface area (Å²) in [5, 5.41) is 8.08. The van der Waals surface area contributed by atoms with Crippen LogP contribution in [-0.2, 0) is 0 Å². The van der Waals surface area contributed by atoms with Crippen LogP contribution in [0, 0.1) is 0 Å². The number of benzene rings is 1. The van der Waals surface area contributed by atoms with Gasteiger partial charge in [-0.1, -0.05) is 13.3 Å². The molecule has 158 valence electrons. The topological polar surface area (TPSA) is 81.0 Å². The number of fused-ring (bicyclic) bond motifs is 1. The molecule has 0 radical (unpaired) electrons. The summed E-state index contributed by atoms with van der Waals surface area (Å²) in [6.45, 7) is 4.35. The number of nitrogens with one attached hydrogen (secondary N) is 1. The van der Waals surface area contributed by atoms with Crippen molar-refractivity contribution in [2.75, 3.05) is 33.9 Å². The summed E-state index contributed by atoms with van der Waals surface area (Å²) in [4.78, 5) is 19.4. The zero-order chi connectivity index (χ0) is 21.1. The fourth-order valence-electron chi connectivity index (χ4n) is 3.93. The van der Waals surface area contributed by atoms with Crippen LogP contribution >= 0.6 is 0 Å². The molecule has 1 unspecified atom stereocenters. The van der Waals surface area contributed by atoms with Gasteiger partial charge < -0.3 is 19.7 Å². The molecule has 1 amide bonds. The molecular weight excluding hydrogens is 382 g/mol. The molecule has 4 rings (SSSR count). The highest BCUT2D eigenvalue weighted by Gasteiger charge is 2.25. The van der Waals surface area contributed by atoms with Crippen LogP contribution in [0.3, 0.4) is 0 Å². The number of ether oxygens (including phenoxy) is 2. The largest absolute Gasteiger partial charge is 0.493 e. The van der Waals surface area contributed by atoms with Gasteiger partial charge in [0.15, 0.2) is 22.8 Å². The standard InChI is InChI=1S/C22H27N5O3/c1-4-5-16-14-26(11-10-23-16)22(28)17-13-21-24-9-8-18(27(21)25-17)15-6-7-19(29-2)20(12-15)30-3/h6-9,12-13,16,23H,4-5,10-11,14H2,1-3H3. The number of piperazine rings is 1. The van der Waals surface area contributed by atoms with Gasteiger partial charge in [0.1, 0.15) is 0 Å². The molecule has 8 nitrogen and oxygen atoms in total. The van der Waals surface area contributed by atoms with E-state index in [0.29, 0.717) is 42.0 Å². The molecule has 0 bridgehead atoms. The normalized spacial score (nSPS) is 16.6. The maximum atomic E-state index is 13.1. The van der Waals surface area contributed by atoms with E-state index in [9.17, 15) is 4.79 Å². The Bertz CT molecular complexity index is 1050. The van der Waals surface area contributed by atoms with Gasteiger partial charge in [0.25, 0.3) is 5.91 Å². The van der Waals surface area contributed by atoms with Crippen LogP contribution in [0.15, 0.2) is 36.5 Å². The van der Waals surface area contributed by atoms with Gasteiger partial charge in [0.2, 0.25) is 0 Å². The number of aromatic nitrogens is 3. The minimum Gasteiger partial charge on any atom is -0.493 e. The first-order valence-corrected chi connectivity index (χ1v) is 10.2. The number of methoxy groups -OCH3 is 2. The molecule has 1 fully saturated rings. The Morgan fingerprint density at radius 1 is 1.20 bits per heavy atom. The van der Waals surface area contributed by atoms with Crippen molar-refractivity contribution in [2.24, 2.45) is 0 Å². The third-order valence-electron chi connectivity index (χ3n) is 5.44. The average molecular weight is 409 g/mol. The second kappa shape index (κ2) is 8.71. The Labute approximate surface area is 175 Å². The highest BCUT2D eigenvalue weighted by atomic mass is 16.5. The molecule has 3 aromatic rings. The SMILES string of the molecule is CCCC1CN(C(=O)c2cc3nccc(-c4ccc(OC)c(OC)c4)n3n2)CCN1. The molecule has 3 heterocycles. The Morgan fingerprint density at radius 3 is 2.80 bits per heavy atom. The molecule has 1 atom stereocenters. The summed E-state index contributed by atoms with van der Waals surface area (Å²) in [6.07, 6.45) is 3.87. The predicted molar refractivity (Wildman–Crippen MR) is 114 cm³/mol. The Balaban J connectivity index is 1.66. The molecular formula is C22H27N5O3. The second-order valence-electron chi connectivity index (χ2n) is 7.39. The summed E-state index contributed by atoms with van der Waals surface area (Å²) < 4.78 is 12.5. The van der Waals surface area contributed by atoms with Crippen LogP contribution in [-0.4, -0.2) is 65.3 Å². The van der Waals surface area contributed by atoms with Crippen molar-refractivity contribution >= 4 is 11.6 Å². The fraction of sp³-hybridized carbons (Fsp3) is 0.409. The first-order chi connectivity index (χ1) is 14.6. The van der Waals surface area contributed by atoms with Gasteiger partial charge in [-0.15, -0.1) is 0 Å². The quantitative estimate of drug-likeness (QED) is 0.674. The summed E-state index contributed by atoms with van der Waals surface area (Å²) in [7, 11) is 3.21. The van der Waals surface area contributed by atoms with E-state index in [2.05, 4.69) is 22.3 Å². The predicted octanol–water partition coefficient (Wildman–Crippen LogP) is 2.63. The third kappa shape index (κ3) is 3.82. The summed E-state index contributed by atoms with van der Waals surface area (Å²) >= 11 is 0. The van der Waals surface area contributed by atoms with Gasteiger partial charge in [0, 0.05) is 43.5 Å². The Hall–Kier alpha value is -3.13. The van der Waals surface area contributed by atoms with Crippen molar-refractivity contribution in [1.82, 2.24) is 24.8 Å².